The molecule has 0 saturated carbocycles. The number of likely N-dealkylation sites (tertiary alicyclic amines) is 1. The predicted molar refractivity (Wildman–Crippen MR) is 76.4 cm³/mol. The Labute approximate surface area is 108 Å². The van der Waals surface area contributed by atoms with E-state index in [1.165, 1.54) is 51.7 Å². The maximum atomic E-state index is 3.80. The van der Waals surface area contributed by atoms with Crippen LogP contribution in [0.2, 0.25) is 0 Å². The molecule has 1 fully saturated rings. The van der Waals surface area contributed by atoms with Gasteiger partial charge in [0.1, 0.15) is 0 Å². The molecule has 0 aliphatic carbocycles. The first kappa shape index (κ1) is 15.0. The molecule has 1 saturated heterocycles. The lowest BCUT2D eigenvalue weighted by Gasteiger charge is -2.24. The van der Waals surface area contributed by atoms with Gasteiger partial charge in [0.25, 0.3) is 0 Å². The van der Waals surface area contributed by atoms with E-state index < -0.39 is 0 Å². The second-order valence-corrected chi connectivity index (χ2v) is 5.85. The first-order valence-corrected chi connectivity index (χ1v) is 7.64. The van der Waals surface area contributed by atoms with Crippen molar-refractivity contribution in [3.8, 4) is 0 Å². The molecule has 0 spiro atoms. The summed E-state index contributed by atoms with van der Waals surface area (Å²) in [7, 11) is 0. The van der Waals surface area contributed by atoms with E-state index in [1.54, 1.807) is 0 Å². The van der Waals surface area contributed by atoms with Gasteiger partial charge in [0.15, 0.2) is 0 Å². The highest BCUT2D eigenvalue weighted by Crippen LogP contribution is 2.14. The molecule has 102 valence electrons. The Balaban J connectivity index is 2.26. The summed E-state index contributed by atoms with van der Waals surface area (Å²) in [6.45, 7) is 13.0. The Hall–Kier alpha value is -0.0800. The molecule has 1 rings (SSSR count). The minimum absolute atomic E-state index is 0.716. The third-order valence-electron chi connectivity index (χ3n) is 4.34. The molecule has 1 unspecified atom stereocenters. The number of hydrogen-bond acceptors (Lipinski definition) is 2. The summed E-state index contributed by atoms with van der Waals surface area (Å²) in [5.41, 5.74) is 0. The largest absolute Gasteiger partial charge is 0.314 e. The van der Waals surface area contributed by atoms with Gasteiger partial charge in [0.2, 0.25) is 0 Å². The van der Waals surface area contributed by atoms with Crippen LogP contribution >= 0.6 is 0 Å². The zero-order chi connectivity index (χ0) is 12.7. The summed E-state index contributed by atoms with van der Waals surface area (Å²) in [5, 5.41) is 3.80. The minimum atomic E-state index is 0.716. The van der Waals surface area contributed by atoms with Crippen molar-refractivity contribution in [2.75, 3.05) is 19.6 Å². The van der Waals surface area contributed by atoms with Crippen molar-refractivity contribution in [2.45, 2.75) is 71.9 Å². The first-order valence-electron chi connectivity index (χ1n) is 7.64. The molecule has 0 aromatic heterocycles. The molecule has 2 nitrogen and oxygen atoms in total. The fourth-order valence-corrected chi connectivity index (χ4v) is 2.75. The highest BCUT2D eigenvalue weighted by Gasteiger charge is 2.18. The summed E-state index contributed by atoms with van der Waals surface area (Å²) in [6, 6.07) is 1.48. The fraction of sp³-hybridized carbons (Fsp3) is 1.00. The maximum Gasteiger partial charge on any atom is 0.00798 e. The number of rotatable bonds is 6. The van der Waals surface area contributed by atoms with Crippen molar-refractivity contribution in [1.29, 1.82) is 0 Å². The molecule has 1 atom stereocenters. The molecule has 0 aromatic carbocycles. The monoisotopic (exact) mass is 240 g/mol. The van der Waals surface area contributed by atoms with E-state index in [-0.39, 0.29) is 0 Å². The van der Waals surface area contributed by atoms with E-state index in [4.69, 9.17) is 0 Å². The Morgan fingerprint density at radius 1 is 1.12 bits per heavy atom. The fourth-order valence-electron chi connectivity index (χ4n) is 2.75. The summed E-state index contributed by atoms with van der Waals surface area (Å²) in [5.74, 6) is 0.874. The highest BCUT2D eigenvalue weighted by molar-refractivity contribution is 4.77. The molecule has 1 aliphatic rings. The zero-order valence-electron chi connectivity index (χ0n) is 12.3. The molecule has 0 amide bonds. The topological polar surface area (TPSA) is 15.3 Å². The van der Waals surface area contributed by atoms with Gasteiger partial charge in [-0.25, -0.2) is 0 Å². The molecule has 17 heavy (non-hydrogen) atoms. The molecule has 0 radical (unpaired) electrons. The second-order valence-electron chi connectivity index (χ2n) is 5.85. The Bertz CT molecular complexity index is 187. The van der Waals surface area contributed by atoms with Crippen molar-refractivity contribution in [2.24, 2.45) is 5.92 Å². The van der Waals surface area contributed by atoms with Crippen molar-refractivity contribution in [3.05, 3.63) is 0 Å². The lowest BCUT2D eigenvalue weighted by atomic mass is 10.0. The lowest BCUT2D eigenvalue weighted by molar-refractivity contribution is 0.228. The molecule has 0 aromatic rings. The minimum Gasteiger partial charge on any atom is -0.314 e. The van der Waals surface area contributed by atoms with Gasteiger partial charge in [-0.15, -0.1) is 0 Å². The number of nitrogens with zero attached hydrogens (tertiary/aromatic N) is 1. The van der Waals surface area contributed by atoms with Crippen LogP contribution in [0.3, 0.4) is 0 Å². The average Bonchev–Trinajstić information content (AvgIpc) is 2.56. The Kier molecular flexibility index (Phi) is 7.14. The van der Waals surface area contributed by atoms with Crippen LogP contribution in [0.5, 0.6) is 0 Å². The summed E-state index contributed by atoms with van der Waals surface area (Å²) < 4.78 is 0. The molecule has 1 aliphatic heterocycles. The predicted octanol–water partition coefficient (Wildman–Crippen LogP) is 3.28. The van der Waals surface area contributed by atoms with Crippen molar-refractivity contribution >= 4 is 0 Å². The quantitative estimate of drug-likeness (QED) is 0.766. The smallest absolute Gasteiger partial charge is 0.00798 e. The van der Waals surface area contributed by atoms with E-state index >= 15 is 0 Å². The zero-order valence-corrected chi connectivity index (χ0v) is 12.3. The standard InChI is InChI=1S/C15H32N2/c1-5-14(6-2)12-16-15-8-7-10-17(11-9-15)13(3)4/h13-16H,5-12H2,1-4H3. The van der Waals surface area contributed by atoms with E-state index in [0.29, 0.717) is 6.04 Å². The van der Waals surface area contributed by atoms with Gasteiger partial charge in [-0.3, -0.25) is 0 Å². The van der Waals surface area contributed by atoms with Gasteiger partial charge in [0.05, 0.1) is 0 Å². The van der Waals surface area contributed by atoms with E-state index in [0.717, 1.165) is 12.0 Å². The van der Waals surface area contributed by atoms with Gasteiger partial charge in [-0.05, 0) is 58.7 Å². The van der Waals surface area contributed by atoms with Gasteiger partial charge in [0, 0.05) is 12.1 Å². The normalized spacial score (nSPS) is 23.3. The van der Waals surface area contributed by atoms with Crippen molar-refractivity contribution in [1.82, 2.24) is 10.2 Å². The second kappa shape index (κ2) is 8.10. The number of hydrogen-bond donors (Lipinski definition) is 1. The lowest BCUT2D eigenvalue weighted by Crippen LogP contribution is -2.35. The van der Waals surface area contributed by atoms with Crippen LogP contribution in [0.1, 0.15) is 59.8 Å². The Morgan fingerprint density at radius 2 is 1.82 bits per heavy atom. The molecule has 0 bridgehead atoms. The number of nitrogens with one attached hydrogen (secondary N) is 1. The SMILES string of the molecule is CCC(CC)CNC1CCCN(C(C)C)CC1. The van der Waals surface area contributed by atoms with Crippen LogP contribution < -0.4 is 5.32 Å². The first-order chi connectivity index (χ1) is 8.17. The maximum absolute atomic E-state index is 3.80. The van der Waals surface area contributed by atoms with Crippen molar-refractivity contribution < 1.29 is 0 Å². The van der Waals surface area contributed by atoms with E-state index in [1.807, 2.05) is 0 Å². The average molecular weight is 240 g/mol. The summed E-state index contributed by atoms with van der Waals surface area (Å²) in [6.07, 6.45) is 6.68. The van der Waals surface area contributed by atoms with Crippen molar-refractivity contribution in [3.63, 3.8) is 0 Å². The van der Waals surface area contributed by atoms with Crippen LogP contribution in [-0.2, 0) is 0 Å². The highest BCUT2D eigenvalue weighted by atomic mass is 15.1. The molecule has 1 heterocycles. The third-order valence-corrected chi connectivity index (χ3v) is 4.34. The van der Waals surface area contributed by atoms with E-state index in [2.05, 4.69) is 37.9 Å². The summed E-state index contributed by atoms with van der Waals surface area (Å²) in [4.78, 5) is 2.62. The van der Waals surface area contributed by atoms with Gasteiger partial charge >= 0.3 is 0 Å². The van der Waals surface area contributed by atoms with Gasteiger partial charge in [-0.2, -0.15) is 0 Å². The molecular weight excluding hydrogens is 208 g/mol. The van der Waals surface area contributed by atoms with E-state index in [9.17, 15) is 0 Å². The Morgan fingerprint density at radius 3 is 2.41 bits per heavy atom. The van der Waals surface area contributed by atoms with Crippen LogP contribution in [0, 0.1) is 5.92 Å². The van der Waals surface area contributed by atoms with Gasteiger partial charge in [-0.1, -0.05) is 26.7 Å². The molecule has 1 N–H and O–H groups in total. The molecular formula is C15H32N2. The molecule has 2 heteroatoms. The van der Waals surface area contributed by atoms with Gasteiger partial charge < -0.3 is 10.2 Å². The van der Waals surface area contributed by atoms with Crippen LogP contribution in [0.25, 0.3) is 0 Å². The summed E-state index contributed by atoms with van der Waals surface area (Å²) >= 11 is 0. The van der Waals surface area contributed by atoms with Crippen LogP contribution in [0.15, 0.2) is 0 Å². The van der Waals surface area contributed by atoms with Crippen LogP contribution in [-0.4, -0.2) is 36.6 Å². The third kappa shape index (κ3) is 5.39. The van der Waals surface area contributed by atoms with Crippen LogP contribution in [0.4, 0.5) is 0 Å².